The third-order valence-corrected chi connectivity index (χ3v) is 2.34. The van der Waals surface area contributed by atoms with Gasteiger partial charge < -0.3 is 20.8 Å². The van der Waals surface area contributed by atoms with Gasteiger partial charge in [0.15, 0.2) is 0 Å². The SMILES string of the molecule is O=C(O)N[C@@H](CCO)C(=O)NCc1ccccc1. The van der Waals surface area contributed by atoms with E-state index in [2.05, 4.69) is 10.6 Å². The highest BCUT2D eigenvalue weighted by Crippen LogP contribution is 1.98. The molecule has 0 radical (unpaired) electrons. The first kappa shape index (κ1) is 14.0. The topological polar surface area (TPSA) is 98.7 Å². The number of benzene rings is 1. The van der Waals surface area contributed by atoms with E-state index in [9.17, 15) is 9.59 Å². The van der Waals surface area contributed by atoms with Gasteiger partial charge in [-0.15, -0.1) is 0 Å². The molecule has 0 saturated carbocycles. The predicted octanol–water partition coefficient (Wildman–Crippen LogP) is 0.321. The monoisotopic (exact) mass is 252 g/mol. The number of amides is 2. The summed E-state index contributed by atoms with van der Waals surface area (Å²) in [7, 11) is 0. The summed E-state index contributed by atoms with van der Waals surface area (Å²) in [6.45, 7) is 0.0621. The minimum atomic E-state index is -1.29. The van der Waals surface area contributed by atoms with Crippen molar-refractivity contribution in [2.24, 2.45) is 0 Å². The number of aliphatic hydroxyl groups excluding tert-OH is 1. The summed E-state index contributed by atoms with van der Waals surface area (Å²) < 4.78 is 0. The van der Waals surface area contributed by atoms with Crippen LogP contribution in [0.2, 0.25) is 0 Å². The van der Waals surface area contributed by atoms with Gasteiger partial charge in [-0.1, -0.05) is 30.3 Å². The lowest BCUT2D eigenvalue weighted by Gasteiger charge is -2.15. The Bertz CT molecular complexity index is 394. The largest absolute Gasteiger partial charge is 0.465 e. The minimum absolute atomic E-state index is 0.0485. The third-order valence-electron chi connectivity index (χ3n) is 2.34. The fourth-order valence-electron chi connectivity index (χ4n) is 1.46. The highest BCUT2D eigenvalue weighted by molar-refractivity contribution is 5.85. The second-order valence-electron chi connectivity index (χ2n) is 3.72. The van der Waals surface area contributed by atoms with Gasteiger partial charge in [-0.2, -0.15) is 0 Å². The van der Waals surface area contributed by atoms with Crippen LogP contribution in [0, 0.1) is 0 Å². The molecule has 4 N–H and O–H groups in total. The Labute approximate surface area is 105 Å². The lowest BCUT2D eigenvalue weighted by molar-refractivity contribution is -0.123. The van der Waals surface area contributed by atoms with Gasteiger partial charge in [0, 0.05) is 13.2 Å². The molecule has 6 heteroatoms. The number of hydrogen-bond donors (Lipinski definition) is 4. The molecular weight excluding hydrogens is 236 g/mol. The molecule has 0 fully saturated rings. The van der Waals surface area contributed by atoms with Crippen molar-refractivity contribution in [1.29, 1.82) is 0 Å². The Hall–Kier alpha value is -2.08. The van der Waals surface area contributed by atoms with Gasteiger partial charge in [-0.05, 0) is 12.0 Å². The zero-order valence-corrected chi connectivity index (χ0v) is 9.80. The number of carbonyl (C=O) groups is 2. The van der Waals surface area contributed by atoms with Gasteiger partial charge in [-0.3, -0.25) is 4.79 Å². The Morgan fingerprint density at radius 2 is 1.89 bits per heavy atom. The Balaban J connectivity index is 2.48. The lowest BCUT2D eigenvalue weighted by atomic mass is 10.2. The van der Waals surface area contributed by atoms with E-state index in [1.54, 1.807) is 0 Å². The Morgan fingerprint density at radius 3 is 2.44 bits per heavy atom. The summed E-state index contributed by atoms with van der Waals surface area (Å²) in [6.07, 6.45) is -1.24. The molecule has 0 aliphatic carbocycles. The van der Waals surface area contributed by atoms with Gasteiger partial charge in [0.05, 0.1) is 0 Å². The van der Waals surface area contributed by atoms with Crippen molar-refractivity contribution in [3.8, 4) is 0 Å². The van der Waals surface area contributed by atoms with Crippen molar-refractivity contribution < 1.29 is 19.8 Å². The molecule has 0 bridgehead atoms. The van der Waals surface area contributed by atoms with Crippen LogP contribution in [0.1, 0.15) is 12.0 Å². The first-order chi connectivity index (χ1) is 8.63. The molecule has 0 aliphatic rings. The van der Waals surface area contributed by atoms with E-state index < -0.39 is 18.0 Å². The van der Waals surface area contributed by atoms with Gasteiger partial charge >= 0.3 is 6.09 Å². The average Bonchev–Trinajstić information content (AvgIpc) is 2.36. The summed E-state index contributed by atoms with van der Waals surface area (Å²) in [5.74, 6) is -0.449. The van der Waals surface area contributed by atoms with Gasteiger partial charge in [-0.25, -0.2) is 4.79 Å². The third kappa shape index (κ3) is 4.84. The summed E-state index contributed by atoms with van der Waals surface area (Å²) in [6, 6.07) is 8.34. The first-order valence-electron chi connectivity index (χ1n) is 5.55. The smallest absolute Gasteiger partial charge is 0.405 e. The molecule has 1 atom stereocenters. The summed E-state index contributed by atoms with van der Waals surface area (Å²) in [5.41, 5.74) is 0.920. The summed E-state index contributed by atoms with van der Waals surface area (Å²) in [4.78, 5) is 22.2. The highest BCUT2D eigenvalue weighted by atomic mass is 16.4. The zero-order valence-electron chi connectivity index (χ0n) is 9.80. The van der Waals surface area contributed by atoms with Crippen molar-refractivity contribution in [3.63, 3.8) is 0 Å². The number of carbonyl (C=O) groups excluding carboxylic acids is 1. The number of aliphatic hydroxyl groups is 1. The van der Waals surface area contributed by atoms with Gasteiger partial charge in [0.1, 0.15) is 6.04 Å². The number of carboxylic acid groups (broad SMARTS) is 1. The van der Waals surface area contributed by atoms with Gasteiger partial charge in [0.2, 0.25) is 5.91 Å². The minimum Gasteiger partial charge on any atom is -0.465 e. The molecule has 98 valence electrons. The summed E-state index contributed by atoms with van der Waals surface area (Å²) >= 11 is 0. The second-order valence-corrected chi connectivity index (χ2v) is 3.72. The van der Waals surface area contributed by atoms with Crippen LogP contribution in [0.4, 0.5) is 4.79 Å². The molecule has 18 heavy (non-hydrogen) atoms. The lowest BCUT2D eigenvalue weighted by Crippen LogP contribution is -2.46. The van der Waals surface area contributed by atoms with Crippen LogP contribution in [-0.4, -0.2) is 34.9 Å². The zero-order chi connectivity index (χ0) is 13.4. The molecular formula is C12H16N2O4. The summed E-state index contributed by atoms with van der Waals surface area (Å²) in [5, 5.41) is 22.0. The standard InChI is InChI=1S/C12H16N2O4/c15-7-6-10(14-12(17)18)11(16)13-8-9-4-2-1-3-5-9/h1-5,10,14-15H,6-8H2,(H,13,16)(H,17,18)/t10-/m0/s1. The number of hydrogen-bond acceptors (Lipinski definition) is 3. The van der Waals surface area contributed by atoms with Crippen molar-refractivity contribution in [2.45, 2.75) is 19.0 Å². The fraction of sp³-hybridized carbons (Fsp3) is 0.333. The van der Waals surface area contributed by atoms with E-state index in [1.807, 2.05) is 30.3 Å². The predicted molar refractivity (Wildman–Crippen MR) is 64.9 cm³/mol. The maximum absolute atomic E-state index is 11.7. The van der Waals surface area contributed by atoms with Crippen LogP contribution in [-0.2, 0) is 11.3 Å². The van der Waals surface area contributed by atoms with Crippen LogP contribution in [0.15, 0.2) is 30.3 Å². The number of nitrogens with one attached hydrogen (secondary N) is 2. The molecule has 2 amide bonds. The van der Waals surface area contributed by atoms with Crippen LogP contribution in [0.3, 0.4) is 0 Å². The fourth-order valence-corrected chi connectivity index (χ4v) is 1.46. The average molecular weight is 252 g/mol. The molecule has 0 aliphatic heterocycles. The van der Waals surface area contributed by atoms with Crippen molar-refractivity contribution >= 4 is 12.0 Å². The van der Waals surface area contributed by atoms with Crippen molar-refractivity contribution in [2.75, 3.05) is 6.61 Å². The molecule has 1 aromatic rings. The van der Waals surface area contributed by atoms with Crippen molar-refractivity contribution in [1.82, 2.24) is 10.6 Å². The molecule has 1 rings (SSSR count). The first-order valence-corrected chi connectivity index (χ1v) is 5.55. The van der Waals surface area contributed by atoms with Crippen LogP contribution >= 0.6 is 0 Å². The molecule has 0 spiro atoms. The normalized spacial score (nSPS) is 11.6. The van der Waals surface area contributed by atoms with Crippen LogP contribution < -0.4 is 10.6 Å². The maximum Gasteiger partial charge on any atom is 0.405 e. The van der Waals surface area contributed by atoms with E-state index in [0.29, 0.717) is 6.54 Å². The molecule has 0 unspecified atom stereocenters. The van der Waals surface area contributed by atoms with E-state index >= 15 is 0 Å². The Kier molecular flexibility index (Phi) is 5.66. The number of rotatable bonds is 6. The van der Waals surface area contributed by atoms with Crippen molar-refractivity contribution in [3.05, 3.63) is 35.9 Å². The van der Waals surface area contributed by atoms with E-state index in [0.717, 1.165) is 5.56 Å². The second kappa shape index (κ2) is 7.29. The van der Waals surface area contributed by atoms with Crippen LogP contribution in [0.5, 0.6) is 0 Å². The van der Waals surface area contributed by atoms with E-state index in [4.69, 9.17) is 10.2 Å². The van der Waals surface area contributed by atoms with E-state index in [1.165, 1.54) is 0 Å². The Morgan fingerprint density at radius 1 is 1.22 bits per heavy atom. The quantitative estimate of drug-likeness (QED) is 0.586. The highest BCUT2D eigenvalue weighted by Gasteiger charge is 2.19. The van der Waals surface area contributed by atoms with Gasteiger partial charge in [0.25, 0.3) is 0 Å². The van der Waals surface area contributed by atoms with E-state index in [-0.39, 0.29) is 13.0 Å². The molecule has 0 heterocycles. The van der Waals surface area contributed by atoms with Crippen LogP contribution in [0.25, 0.3) is 0 Å². The molecule has 0 aromatic heterocycles. The molecule has 6 nitrogen and oxygen atoms in total. The maximum atomic E-state index is 11.7. The molecule has 0 saturated heterocycles. The molecule has 1 aromatic carbocycles.